The number of nitrogens with zero attached hydrogens (tertiary/aromatic N) is 3. The van der Waals surface area contributed by atoms with Crippen molar-refractivity contribution in [2.45, 2.75) is 26.7 Å². The van der Waals surface area contributed by atoms with Crippen molar-refractivity contribution in [3.8, 4) is 0 Å². The van der Waals surface area contributed by atoms with Crippen molar-refractivity contribution < 1.29 is 0 Å². The molecule has 0 atom stereocenters. The van der Waals surface area contributed by atoms with Gasteiger partial charge in [0.1, 0.15) is 5.82 Å². The monoisotopic (exact) mass is 350 g/mol. The zero-order chi connectivity index (χ0) is 16.4. The van der Waals surface area contributed by atoms with E-state index in [0.717, 1.165) is 42.2 Å². The number of hydrogen-bond acceptors (Lipinski definition) is 4. The predicted molar refractivity (Wildman–Crippen MR) is 97.1 cm³/mol. The zero-order valence-electron chi connectivity index (χ0n) is 13.3. The number of rotatable bonds is 3. The Morgan fingerprint density at radius 2 is 1.87 bits per heavy atom. The van der Waals surface area contributed by atoms with Gasteiger partial charge in [0.2, 0.25) is 5.95 Å². The van der Waals surface area contributed by atoms with Gasteiger partial charge >= 0.3 is 0 Å². The first-order valence-electron chi connectivity index (χ1n) is 7.84. The minimum absolute atomic E-state index is 0.610. The van der Waals surface area contributed by atoms with Crippen LogP contribution in [-0.2, 0) is 0 Å². The van der Waals surface area contributed by atoms with Gasteiger partial charge in [-0.2, -0.15) is 4.98 Å². The predicted octanol–water partition coefficient (Wildman–Crippen LogP) is 5.07. The molecule has 1 aliphatic rings. The topological polar surface area (TPSA) is 41.1 Å². The number of piperidine rings is 1. The van der Waals surface area contributed by atoms with Crippen LogP contribution in [0.1, 0.15) is 25.5 Å². The van der Waals surface area contributed by atoms with Gasteiger partial charge in [0, 0.05) is 29.9 Å². The SMILES string of the molecule is Cc1cc(Nc2cc(Cl)ccc2Cl)nc(N2CCC(C)CC2)n1. The van der Waals surface area contributed by atoms with Crippen LogP contribution in [0.3, 0.4) is 0 Å². The van der Waals surface area contributed by atoms with E-state index in [9.17, 15) is 0 Å². The molecular weight excluding hydrogens is 331 g/mol. The molecule has 3 rings (SSSR count). The summed E-state index contributed by atoms with van der Waals surface area (Å²) in [5.74, 6) is 2.28. The first kappa shape index (κ1) is 16.3. The van der Waals surface area contributed by atoms with Gasteiger partial charge in [-0.15, -0.1) is 0 Å². The highest BCUT2D eigenvalue weighted by molar-refractivity contribution is 6.35. The van der Waals surface area contributed by atoms with Gasteiger partial charge in [0.15, 0.2) is 0 Å². The summed E-state index contributed by atoms with van der Waals surface area (Å²) in [5, 5.41) is 4.49. The van der Waals surface area contributed by atoms with Crippen molar-refractivity contribution in [1.82, 2.24) is 9.97 Å². The van der Waals surface area contributed by atoms with Crippen molar-refractivity contribution in [3.05, 3.63) is 40.0 Å². The number of aryl methyl sites for hydroxylation is 1. The summed E-state index contributed by atoms with van der Waals surface area (Å²) < 4.78 is 0. The number of nitrogens with one attached hydrogen (secondary N) is 1. The Hall–Kier alpha value is -1.52. The average molecular weight is 351 g/mol. The molecule has 0 unspecified atom stereocenters. The van der Waals surface area contributed by atoms with Crippen LogP contribution in [0, 0.1) is 12.8 Å². The molecule has 4 nitrogen and oxygen atoms in total. The first-order valence-corrected chi connectivity index (χ1v) is 8.59. The molecule has 122 valence electrons. The molecule has 23 heavy (non-hydrogen) atoms. The quantitative estimate of drug-likeness (QED) is 0.838. The maximum Gasteiger partial charge on any atom is 0.227 e. The third kappa shape index (κ3) is 4.06. The fourth-order valence-electron chi connectivity index (χ4n) is 2.70. The van der Waals surface area contributed by atoms with Crippen molar-refractivity contribution in [2.75, 3.05) is 23.3 Å². The molecule has 2 aromatic rings. The Labute approximate surface area is 146 Å². The number of anilines is 3. The van der Waals surface area contributed by atoms with E-state index < -0.39 is 0 Å². The van der Waals surface area contributed by atoms with Crippen LogP contribution < -0.4 is 10.2 Å². The number of aromatic nitrogens is 2. The molecular formula is C17H20Cl2N4. The smallest absolute Gasteiger partial charge is 0.227 e. The molecule has 0 saturated carbocycles. The molecule has 0 bridgehead atoms. The fraction of sp³-hybridized carbons (Fsp3) is 0.412. The highest BCUT2D eigenvalue weighted by Gasteiger charge is 2.18. The zero-order valence-corrected chi connectivity index (χ0v) is 14.8. The molecule has 1 saturated heterocycles. The van der Waals surface area contributed by atoms with E-state index in [2.05, 4.69) is 27.1 Å². The molecule has 1 fully saturated rings. The van der Waals surface area contributed by atoms with Gasteiger partial charge in [-0.05, 0) is 43.9 Å². The summed E-state index contributed by atoms with van der Waals surface area (Å²) >= 11 is 12.3. The normalized spacial score (nSPS) is 15.7. The molecule has 0 aliphatic carbocycles. The van der Waals surface area contributed by atoms with E-state index in [1.54, 1.807) is 18.2 Å². The standard InChI is InChI=1S/C17H20Cl2N4/c1-11-5-7-23(8-6-11)17-20-12(2)9-16(22-17)21-15-10-13(18)3-4-14(15)19/h3-4,9-11H,5-8H2,1-2H3,(H,20,21,22). The fourth-order valence-corrected chi connectivity index (χ4v) is 3.04. The highest BCUT2D eigenvalue weighted by atomic mass is 35.5. The Morgan fingerprint density at radius 1 is 1.13 bits per heavy atom. The van der Waals surface area contributed by atoms with Gasteiger partial charge in [0.05, 0.1) is 10.7 Å². The van der Waals surface area contributed by atoms with Gasteiger partial charge in [-0.25, -0.2) is 4.98 Å². The Morgan fingerprint density at radius 3 is 2.61 bits per heavy atom. The van der Waals surface area contributed by atoms with Gasteiger partial charge < -0.3 is 10.2 Å². The van der Waals surface area contributed by atoms with E-state index in [0.29, 0.717) is 10.0 Å². The van der Waals surface area contributed by atoms with Crippen LogP contribution in [0.4, 0.5) is 17.5 Å². The van der Waals surface area contributed by atoms with E-state index >= 15 is 0 Å². The first-order chi connectivity index (χ1) is 11.0. The van der Waals surface area contributed by atoms with Gasteiger partial charge in [-0.3, -0.25) is 0 Å². The van der Waals surface area contributed by atoms with E-state index in [-0.39, 0.29) is 0 Å². The molecule has 2 heterocycles. The molecule has 1 aliphatic heterocycles. The van der Waals surface area contributed by atoms with E-state index in [4.69, 9.17) is 23.2 Å². The molecule has 1 aromatic heterocycles. The summed E-state index contributed by atoms with van der Waals surface area (Å²) in [6.07, 6.45) is 2.36. The molecule has 6 heteroatoms. The second-order valence-corrected chi connectivity index (χ2v) is 6.96. The molecule has 1 aromatic carbocycles. The van der Waals surface area contributed by atoms with Gasteiger partial charge in [-0.1, -0.05) is 30.1 Å². The van der Waals surface area contributed by atoms with Crippen LogP contribution in [0.25, 0.3) is 0 Å². The number of halogens is 2. The second kappa shape index (κ2) is 6.93. The summed E-state index contributed by atoms with van der Waals surface area (Å²) in [5.41, 5.74) is 1.67. The average Bonchev–Trinajstić information content (AvgIpc) is 2.51. The Balaban J connectivity index is 1.84. The van der Waals surface area contributed by atoms with E-state index in [1.807, 2.05) is 13.0 Å². The van der Waals surface area contributed by atoms with Crippen LogP contribution in [-0.4, -0.2) is 23.1 Å². The highest BCUT2D eigenvalue weighted by Crippen LogP contribution is 2.29. The van der Waals surface area contributed by atoms with Crippen LogP contribution in [0.5, 0.6) is 0 Å². The minimum atomic E-state index is 0.610. The number of benzene rings is 1. The molecule has 0 radical (unpaired) electrons. The summed E-state index contributed by atoms with van der Waals surface area (Å²) in [6, 6.07) is 7.24. The lowest BCUT2D eigenvalue weighted by Gasteiger charge is -2.30. The molecule has 1 N–H and O–H groups in total. The third-order valence-electron chi connectivity index (χ3n) is 4.10. The summed E-state index contributed by atoms with van der Waals surface area (Å²) in [4.78, 5) is 11.5. The van der Waals surface area contributed by atoms with Crippen LogP contribution >= 0.6 is 23.2 Å². The van der Waals surface area contributed by atoms with Crippen LogP contribution in [0.2, 0.25) is 10.0 Å². The van der Waals surface area contributed by atoms with Crippen LogP contribution in [0.15, 0.2) is 24.3 Å². The second-order valence-electron chi connectivity index (χ2n) is 6.11. The molecule has 0 amide bonds. The Bertz CT molecular complexity index is 697. The summed E-state index contributed by atoms with van der Waals surface area (Å²) in [6.45, 7) is 6.27. The third-order valence-corrected chi connectivity index (χ3v) is 4.66. The Kier molecular flexibility index (Phi) is 4.93. The molecule has 0 spiro atoms. The lowest BCUT2D eigenvalue weighted by Crippen LogP contribution is -2.34. The lowest BCUT2D eigenvalue weighted by atomic mass is 10.00. The van der Waals surface area contributed by atoms with Crippen molar-refractivity contribution in [3.63, 3.8) is 0 Å². The van der Waals surface area contributed by atoms with Crippen molar-refractivity contribution >= 4 is 40.7 Å². The maximum absolute atomic E-state index is 6.22. The van der Waals surface area contributed by atoms with Crippen molar-refractivity contribution in [1.29, 1.82) is 0 Å². The van der Waals surface area contributed by atoms with Crippen molar-refractivity contribution in [2.24, 2.45) is 5.92 Å². The summed E-state index contributed by atoms with van der Waals surface area (Å²) in [7, 11) is 0. The number of hydrogen-bond donors (Lipinski definition) is 1. The van der Waals surface area contributed by atoms with E-state index in [1.165, 1.54) is 12.8 Å². The largest absolute Gasteiger partial charge is 0.341 e. The lowest BCUT2D eigenvalue weighted by molar-refractivity contribution is 0.434. The van der Waals surface area contributed by atoms with Gasteiger partial charge in [0.25, 0.3) is 0 Å². The minimum Gasteiger partial charge on any atom is -0.341 e. The maximum atomic E-state index is 6.22.